The summed E-state index contributed by atoms with van der Waals surface area (Å²) in [6.07, 6.45) is 0. The van der Waals surface area contributed by atoms with Crippen molar-refractivity contribution in [3.05, 3.63) is 58.7 Å². The van der Waals surface area contributed by atoms with Gasteiger partial charge in [0, 0.05) is 0 Å². The minimum Gasteiger partial charge on any atom is -0.392 e. The van der Waals surface area contributed by atoms with E-state index in [0.29, 0.717) is 16.8 Å². The fraction of sp³-hybridized carbons (Fsp3) is 0.250. The lowest BCUT2D eigenvalue weighted by atomic mass is 10.1. The number of benzene rings is 2. The second-order valence-corrected chi connectivity index (χ2v) is 6.77. The van der Waals surface area contributed by atoms with Crippen LogP contribution in [0, 0.1) is 20.8 Å². The zero-order chi connectivity index (χ0) is 15.6. The molecule has 0 saturated heterocycles. The molecule has 0 bridgehead atoms. The summed E-state index contributed by atoms with van der Waals surface area (Å²) in [4.78, 5) is 0.190. The molecule has 0 saturated carbocycles. The molecule has 4 nitrogen and oxygen atoms in total. The summed E-state index contributed by atoms with van der Waals surface area (Å²) in [5.74, 6) is 0. The van der Waals surface area contributed by atoms with E-state index >= 15 is 0 Å². The lowest BCUT2D eigenvalue weighted by Gasteiger charge is -2.14. The molecule has 21 heavy (non-hydrogen) atoms. The number of nitrogens with one attached hydrogen (secondary N) is 1. The molecular weight excluding hydrogens is 286 g/mol. The highest BCUT2D eigenvalue weighted by atomic mass is 32.2. The van der Waals surface area contributed by atoms with E-state index in [-0.39, 0.29) is 11.5 Å². The number of aliphatic hydroxyl groups excluding tert-OH is 1. The zero-order valence-electron chi connectivity index (χ0n) is 12.3. The topological polar surface area (TPSA) is 66.4 Å². The molecule has 0 aromatic heterocycles. The molecule has 0 aliphatic heterocycles. The van der Waals surface area contributed by atoms with Crippen LogP contribution < -0.4 is 4.72 Å². The van der Waals surface area contributed by atoms with Crippen LogP contribution in [0.25, 0.3) is 0 Å². The normalized spacial score (nSPS) is 11.4. The van der Waals surface area contributed by atoms with Crippen LogP contribution in [0.2, 0.25) is 0 Å². The lowest BCUT2D eigenvalue weighted by Crippen LogP contribution is -2.15. The highest BCUT2D eigenvalue weighted by molar-refractivity contribution is 7.92. The van der Waals surface area contributed by atoms with Crippen molar-refractivity contribution in [1.82, 2.24) is 0 Å². The van der Waals surface area contributed by atoms with Gasteiger partial charge in [0.2, 0.25) is 0 Å². The maximum absolute atomic E-state index is 12.6. The third kappa shape index (κ3) is 3.25. The molecule has 0 atom stereocenters. The monoisotopic (exact) mass is 305 g/mol. The predicted molar refractivity (Wildman–Crippen MR) is 83.8 cm³/mol. The highest BCUT2D eigenvalue weighted by Crippen LogP contribution is 2.24. The smallest absolute Gasteiger partial charge is 0.262 e. The first-order chi connectivity index (χ1) is 9.85. The number of sulfonamides is 1. The number of hydrogen-bond donors (Lipinski definition) is 2. The minimum absolute atomic E-state index is 0.182. The van der Waals surface area contributed by atoms with Crippen LogP contribution in [0.1, 0.15) is 22.3 Å². The Morgan fingerprint density at radius 2 is 1.81 bits per heavy atom. The van der Waals surface area contributed by atoms with E-state index in [2.05, 4.69) is 4.72 Å². The van der Waals surface area contributed by atoms with Crippen LogP contribution in [0.5, 0.6) is 0 Å². The molecule has 0 unspecified atom stereocenters. The Balaban J connectivity index is 2.46. The molecule has 2 aromatic carbocycles. The molecule has 2 N–H and O–H groups in total. The van der Waals surface area contributed by atoms with Gasteiger partial charge in [-0.25, -0.2) is 8.42 Å². The Hall–Kier alpha value is -1.85. The van der Waals surface area contributed by atoms with Crippen LogP contribution in [0.4, 0.5) is 5.69 Å². The second-order valence-electron chi connectivity index (χ2n) is 5.12. The molecule has 0 amide bonds. The Labute approximate surface area is 125 Å². The zero-order valence-corrected chi connectivity index (χ0v) is 13.2. The van der Waals surface area contributed by atoms with Gasteiger partial charge in [-0.05, 0) is 55.2 Å². The molecule has 0 aliphatic carbocycles. The Kier molecular flexibility index (Phi) is 4.34. The number of aryl methyl sites for hydroxylation is 2. The van der Waals surface area contributed by atoms with Gasteiger partial charge in [-0.2, -0.15) is 0 Å². The van der Waals surface area contributed by atoms with Gasteiger partial charge in [0.15, 0.2) is 0 Å². The summed E-state index contributed by atoms with van der Waals surface area (Å²) < 4.78 is 27.7. The first kappa shape index (κ1) is 15.5. The summed E-state index contributed by atoms with van der Waals surface area (Å²) in [6, 6.07) is 10.5. The molecule has 112 valence electrons. The molecule has 0 spiro atoms. The first-order valence-electron chi connectivity index (χ1n) is 6.64. The largest absolute Gasteiger partial charge is 0.392 e. The van der Waals surface area contributed by atoms with E-state index in [1.807, 2.05) is 26.0 Å². The van der Waals surface area contributed by atoms with Crippen LogP contribution in [0.15, 0.2) is 41.3 Å². The highest BCUT2D eigenvalue weighted by Gasteiger charge is 2.19. The van der Waals surface area contributed by atoms with Crippen molar-refractivity contribution in [2.45, 2.75) is 32.3 Å². The average Bonchev–Trinajstić information content (AvgIpc) is 2.42. The standard InChI is InChI=1S/C16H19NO3S/c1-11-7-8-12(2)15(9-11)17-21(19,20)16-6-4-5-14(10-18)13(16)3/h4-9,17-18H,10H2,1-3H3. The van der Waals surface area contributed by atoms with E-state index in [1.165, 1.54) is 0 Å². The summed E-state index contributed by atoms with van der Waals surface area (Å²) in [6.45, 7) is 5.28. The van der Waals surface area contributed by atoms with Gasteiger partial charge >= 0.3 is 0 Å². The van der Waals surface area contributed by atoms with Crippen LogP contribution in [0.3, 0.4) is 0 Å². The number of anilines is 1. The molecule has 2 rings (SSSR count). The fourth-order valence-electron chi connectivity index (χ4n) is 2.17. The van der Waals surface area contributed by atoms with E-state index in [0.717, 1.165) is 11.1 Å². The average molecular weight is 305 g/mol. The molecule has 0 heterocycles. The van der Waals surface area contributed by atoms with Gasteiger partial charge in [0.25, 0.3) is 10.0 Å². The van der Waals surface area contributed by atoms with Crippen LogP contribution in [-0.4, -0.2) is 13.5 Å². The van der Waals surface area contributed by atoms with Gasteiger partial charge in [0.05, 0.1) is 17.2 Å². The van der Waals surface area contributed by atoms with Gasteiger partial charge in [-0.3, -0.25) is 4.72 Å². The van der Waals surface area contributed by atoms with E-state index in [4.69, 9.17) is 0 Å². The van der Waals surface area contributed by atoms with Crippen LogP contribution >= 0.6 is 0 Å². The molecule has 0 aliphatic rings. The van der Waals surface area contributed by atoms with E-state index < -0.39 is 10.0 Å². The van der Waals surface area contributed by atoms with Crippen molar-refractivity contribution in [2.24, 2.45) is 0 Å². The Bertz CT molecular complexity index is 767. The third-order valence-corrected chi connectivity index (χ3v) is 5.00. The summed E-state index contributed by atoms with van der Waals surface area (Å²) >= 11 is 0. The van der Waals surface area contributed by atoms with Crippen molar-refractivity contribution in [1.29, 1.82) is 0 Å². The van der Waals surface area contributed by atoms with Crippen LogP contribution in [-0.2, 0) is 16.6 Å². The maximum Gasteiger partial charge on any atom is 0.262 e. The van der Waals surface area contributed by atoms with Gasteiger partial charge < -0.3 is 5.11 Å². The van der Waals surface area contributed by atoms with Gasteiger partial charge in [0.1, 0.15) is 0 Å². The first-order valence-corrected chi connectivity index (χ1v) is 8.13. The molecule has 5 heteroatoms. The second kappa shape index (κ2) is 5.87. The molecular formula is C16H19NO3S. The van der Waals surface area contributed by atoms with E-state index in [9.17, 15) is 13.5 Å². The number of hydrogen-bond acceptors (Lipinski definition) is 3. The van der Waals surface area contributed by atoms with Crippen molar-refractivity contribution in [3.63, 3.8) is 0 Å². The van der Waals surface area contributed by atoms with Gasteiger partial charge in [-0.15, -0.1) is 0 Å². The Morgan fingerprint density at radius 3 is 2.48 bits per heavy atom. The number of rotatable bonds is 4. The number of aliphatic hydroxyl groups is 1. The predicted octanol–water partition coefficient (Wildman–Crippen LogP) is 2.90. The SMILES string of the molecule is Cc1ccc(C)c(NS(=O)(=O)c2cccc(CO)c2C)c1. The van der Waals surface area contributed by atoms with Gasteiger partial charge in [-0.1, -0.05) is 24.3 Å². The fourth-order valence-corrected chi connectivity index (χ4v) is 3.58. The van der Waals surface area contributed by atoms with Crippen molar-refractivity contribution < 1.29 is 13.5 Å². The molecule has 2 aromatic rings. The third-order valence-electron chi connectivity index (χ3n) is 3.49. The van der Waals surface area contributed by atoms with Crippen molar-refractivity contribution in [2.75, 3.05) is 4.72 Å². The van der Waals surface area contributed by atoms with E-state index in [1.54, 1.807) is 31.2 Å². The lowest BCUT2D eigenvalue weighted by molar-refractivity contribution is 0.280. The summed E-state index contributed by atoms with van der Waals surface area (Å²) in [5.41, 5.74) is 3.60. The quantitative estimate of drug-likeness (QED) is 0.912. The molecule has 0 radical (unpaired) electrons. The summed E-state index contributed by atoms with van der Waals surface area (Å²) in [7, 11) is -3.68. The minimum atomic E-state index is -3.68. The molecule has 0 fully saturated rings. The summed E-state index contributed by atoms with van der Waals surface area (Å²) in [5, 5.41) is 9.26. The van der Waals surface area contributed by atoms with Crippen molar-refractivity contribution in [3.8, 4) is 0 Å². The Morgan fingerprint density at radius 1 is 1.10 bits per heavy atom. The maximum atomic E-state index is 12.6. The van der Waals surface area contributed by atoms with Crippen molar-refractivity contribution >= 4 is 15.7 Å².